The zero-order valence-corrected chi connectivity index (χ0v) is 13.3. The average Bonchev–Trinajstić information content (AvgIpc) is 2.44. The molecule has 21 heavy (non-hydrogen) atoms. The highest BCUT2D eigenvalue weighted by Crippen LogP contribution is 2.39. The molecule has 1 aliphatic rings. The Morgan fingerprint density at radius 1 is 1.14 bits per heavy atom. The molecule has 0 bridgehead atoms. The molecule has 0 atom stereocenters. The van der Waals surface area contributed by atoms with Gasteiger partial charge >= 0.3 is 0 Å². The Morgan fingerprint density at radius 3 is 2.52 bits per heavy atom. The maximum absolute atomic E-state index is 6.41. The quantitative estimate of drug-likeness (QED) is 0.915. The second-order valence-electron chi connectivity index (χ2n) is 5.50. The zero-order chi connectivity index (χ0) is 14.9. The fourth-order valence-electron chi connectivity index (χ4n) is 2.98. The van der Waals surface area contributed by atoms with Crippen LogP contribution in [0.3, 0.4) is 0 Å². The van der Waals surface area contributed by atoms with Gasteiger partial charge in [0, 0.05) is 28.5 Å². The highest BCUT2D eigenvalue weighted by molar-refractivity contribution is 6.31. The number of halogens is 2. The van der Waals surface area contributed by atoms with E-state index in [0.717, 1.165) is 40.9 Å². The smallest absolute Gasteiger partial charge is 0.122 e. The van der Waals surface area contributed by atoms with Crippen molar-refractivity contribution in [2.24, 2.45) is 0 Å². The SMILES string of the molecule is COc1ccc(Cl)cc1CC1(c2ccccc2Cl)CNC1. The van der Waals surface area contributed by atoms with E-state index >= 15 is 0 Å². The standard InChI is InChI=1S/C17H17Cl2NO/c1-21-16-7-6-13(18)8-12(16)9-17(10-20-11-17)14-4-2-3-5-15(14)19/h2-8,20H,9-11H2,1H3. The highest BCUT2D eigenvalue weighted by atomic mass is 35.5. The summed E-state index contributed by atoms with van der Waals surface area (Å²) in [7, 11) is 1.69. The zero-order valence-electron chi connectivity index (χ0n) is 11.8. The molecule has 2 aromatic carbocycles. The molecule has 3 rings (SSSR count). The van der Waals surface area contributed by atoms with Crippen LogP contribution in [0.1, 0.15) is 11.1 Å². The normalized spacial score (nSPS) is 16.3. The summed E-state index contributed by atoms with van der Waals surface area (Å²) < 4.78 is 5.47. The summed E-state index contributed by atoms with van der Waals surface area (Å²) in [6, 6.07) is 13.8. The monoisotopic (exact) mass is 321 g/mol. The van der Waals surface area contributed by atoms with Crippen molar-refractivity contribution in [2.45, 2.75) is 11.8 Å². The molecular weight excluding hydrogens is 305 g/mol. The van der Waals surface area contributed by atoms with Crippen LogP contribution in [0.5, 0.6) is 5.75 Å². The van der Waals surface area contributed by atoms with E-state index in [2.05, 4.69) is 11.4 Å². The molecule has 4 heteroatoms. The molecule has 0 aromatic heterocycles. The first-order valence-corrected chi connectivity index (χ1v) is 7.68. The molecule has 1 N–H and O–H groups in total. The van der Waals surface area contributed by atoms with Crippen LogP contribution in [0.2, 0.25) is 10.0 Å². The summed E-state index contributed by atoms with van der Waals surface area (Å²) in [5, 5.41) is 4.92. The molecule has 110 valence electrons. The summed E-state index contributed by atoms with van der Waals surface area (Å²) >= 11 is 12.6. The fraction of sp³-hybridized carbons (Fsp3) is 0.294. The van der Waals surface area contributed by atoms with Gasteiger partial charge in [-0.25, -0.2) is 0 Å². The van der Waals surface area contributed by atoms with Gasteiger partial charge < -0.3 is 10.1 Å². The van der Waals surface area contributed by atoms with Crippen LogP contribution in [0.4, 0.5) is 0 Å². The van der Waals surface area contributed by atoms with Gasteiger partial charge in [-0.1, -0.05) is 41.4 Å². The molecule has 0 aliphatic carbocycles. The van der Waals surface area contributed by atoms with E-state index in [1.165, 1.54) is 5.56 Å². The Labute approximate surface area is 135 Å². The van der Waals surface area contributed by atoms with Gasteiger partial charge in [-0.15, -0.1) is 0 Å². The minimum atomic E-state index is 0.0102. The maximum atomic E-state index is 6.41. The van der Waals surface area contributed by atoms with Crippen LogP contribution in [-0.2, 0) is 11.8 Å². The summed E-state index contributed by atoms with van der Waals surface area (Å²) in [5.41, 5.74) is 2.31. The number of methoxy groups -OCH3 is 1. The lowest BCUT2D eigenvalue weighted by atomic mass is 9.71. The Kier molecular flexibility index (Phi) is 4.12. The fourth-order valence-corrected chi connectivity index (χ4v) is 3.51. The van der Waals surface area contributed by atoms with E-state index in [9.17, 15) is 0 Å². The third-order valence-electron chi connectivity index (χ3n) is 4.14. The van der Waals surface area contributed by atoms with Crippen molar-refractivity contribution in [1.82, 2.24) is 5.32 Å². The molecule has 1 fully saturated rings. The third kappa shape index (κ3) is 2.76. The summed E-state index contributed by atoms with van der Waals surface area (Å²) in [4.78, 5) is 0. The van der Waals surface area contributed by atoms with Gasteiger partial charge in [-0.05, 0) is 41.8 Å². The predicted molar refractivity (Wildman–Crippen MR) is 87.7 cm³/mol. The van der Waals surface area contributed by atoms with Gasteiger partial charge in [-0.3, -0.25) is 0 Å². The van der Waals surface area contributed by atoms with Crippen LogP contribution >= 0.6 is 23.2 Å². The third-order valence-corrected chi connectivity index (χ3v) is 4.71. The van der Waals surface area contributed by atoms with E-state index in [4.69, 9.17) is 27.9 Å². The molecule has 2 nitrogen and oxygen atoms in total. The average molecular weight is 322 g/mol. The van der Waals surface area contributed by atoms with Crippen molar-refractivity contribution in [2.75, 3.05) is 20.2 Å². The molecule has 0 unspecified atom stereocenters. The molecule has 2 aromatic rings. The number of ether oxygens (including phenoxy) is 1. The number of rotatable bonds is 4. The molecule has 0 saturated carbocycles. The molecule has 0 amide bonds. The summed E-state index contributed by atoms with van der Waals surface area (Å²) in [6.07, 6.45) is 0.855. The van der Waals surface area contributed by atoms with E-state index in [1.807, 2.05) is 36.4 Å². The maximum Gasteiger partial charge on any atom is 0.122 e. The van der Waals surface area contributed by atoms with Crippen LogP contribution in [0, 0.1) is 0 Å². The first-order chi connectivity index (χ1) is 10.1. The van der Waals surface area contributed by atoms with Gasteiger partial charge in [0.05, 0.1) is 7.11 Å². The van der Waals surface area contributed by atoms with Crippen molar-refractivity contribution >= 4 is 23.2 Å². The summed E-state index contributed by atoms with van der Waals surface area (Å²) in [6.45, 7) is 1.82. The van der Waals surface area contributed by atoms with Gasteiger partial charge in [0.2, 0.25) is 0 Å². The first kappa shape index (κ1) is 14.7. The predicted octanol–water partition coefficient (Wildman–Crippen LogP) is 4.09. The van der Waals surface area contributed by atoms with Gasteiger partial charge in [0.1, 0.15) is 5.75 Å². The lowest BCUT2D eigenvalue weighted by molar-refractivity contribution is 0.271. The van der Waals surface area contributed by atoms with Crippen molar-refractivity contribution in [3.8, 4) is 5.75 Å². The van der Waals surface area contributed by atoms with Gasteiger partial charge in [0.25, 0.3) is 0 Å². The largest absolute Gasteiger partial charge is 0.496 e. The van der Waals surface area contributed by atoms with Crippen molar-refractivity contribution < 1.29 is 4.74 Å². The number of hydrogen-bond donors (Lipinski definition) is 1. The molecular formula is C17H17Cl2NO. The second kappa shape index (κ2) is 5.88. The van der Waals surface area contributed by atoms with Gasteiger partial charge in [0.15, 0.2) is 0 Å². The topological polar surface area (TPSA) is 21.3 Å². The number of benzene rings is 2. The molecule has 1 saturated heterocycles. The Hall–Kier alpha value is -1.22. The second-order valence-corrected chi connectivity index (χ2v) is 6.34. The van der Waals surface area contributed by atoms with Crippen molar-refractivity contribution in [3.63, 3.8) is 0 Å². The Balaban J connectivity index is 1.99. The molecule has 1 aliphatic heterocycles. The molecule has 1 heterocycles. The number of nitrogens with one attached hydrogen (secondary N) is 1. The van der Waals surface area contributed by atoms with Crippen LogP contribution in [0.15, 0.2) is 42.5 Å². The minimum Gasteiger partial charge on any atom is -0.496 e. The lowest BCUT2D eigenvalue weighted by Crippen LogP contribution is -2.58. The van der Waals surface area contributed by atoms with Gasteiger partial charge in [-0.2, -0.15) is 0 Å². The molecule has 0 spiro atoms. The van der Waals surface area contributed by atoms with Crippen LogP contribution < -0.4 is 10.1 Å². The van der Waals surface area contributed by atoms with E-state index in [0.29, 0.717) is 0 Å². The van der Waals surface area contributed by atoms with Crippen LogP contribution in [0.25, 0.3) is 0 Å². The van der Waals surface area contributed by atoms with Crippen molar-refractivity contribution in [1.29, 1.82) is 0 Å². The Morgan fingerprint density at radius 2 is 1.90 bits per heavy atom. The van der Waals surface area contributed by atoms with E-state index in [1.54, 1.807) is 7.11 Å². The summed E-state index contributed by atoms with van der Waals surface area (Å²) in [5.74, 6) is 0.873. The molecule has 0 radical (unpaired) electrons. The van der Waals surface area contributed by atoms with Crippen molar-refractivity contribution in [3.05, 3.63) is 63.6 Å². The highest BCUT2D eigenvalue weighted by Gasteiger charge is 2.40. The number of hydrogen-bond acceptors (Lipinski definition) is 2. The van der Waals surface area contributed by atoms with Crippen LogP contribution in [-0.4, -0.2) is 20.2 Å². The lowest BCUT2D eigenvalue weighted by Gasteiger charge is -2.44. The Bertz CT molecular complexity index is 653. The minimum absolute atomic E-state index is 0.0102. The first-order valence-electron chi connectivity index (χ1n) is 6.93. The van der Waals surface area contributed by atoms with E-state index < -0.39 is 0 Å². The van der Waals surface area contributed by atoms with E-state index in [-0.39, 0.29) is 5.41 Å².